The van der Waals surface area contributed by atoms with Gasteiger partial charge >= 0.3 is 0 Å². The Morgan fingerprint density at radius 3 is 3.09 bits per heavy atom. The van der Waals surface area contributed by atoms with Gasteiger partial charge in [-0.15, -0.1) is 0 Å². The normalized spacial score (nSPS) is 17.5. The molecule has 0 unspecified atom stereocenters. The van der Waals surface area contributed by atoms with E-state index in [0.29, 0.717) is 5.92 Å². The van der Waals surface area contributed by atoms with E-state index < -0.39 is 0 Å². The molecule has 3 rings (SSSR count). The molecule has 1 saturated heterocycles. The molecule has 0 bridgehead atoms. The molecule has 2 aromatic rings. The van der Waals surface area contributed by atoms with E-state index in [4.69, 9.17) is 0 Å². The third kappa shape index (κ3) is 3.04. The average Bonchev–Trinajstić information content (AvgIpc) is 3.11. The van der Waals surface area contributed by atoms with Crippen LogP contribution < -0.4 is 10.2 Å². The van der Waals surface area contributed by atoms with Gasteiger partial charge in [0.1, 0.15) is 22.5 Å². The lowest BCUT2D eigenvalue weighted by Gasteiger charge is -2.17. The number of nitriles is 1. The molecule has 1 N–H and O–H groups in total. The standard InChI is InChI=1S/C16H19N5S/c1-11-4-3-5-15(19-11)18-9-13-6-7-21(10-13)16-14(8-17)12(2)20-22-16/h3-5,13H,6-7,9-10H2,1-2H3,(H,18,19)/t13-/m0/s1. The van der Waals surface area contributed by atoms with Gasteiger partial charge in [0.25, 0.3) is 0 Å². The summed E-state index contributed by atoms with van der Waals surface area (Å²) in [7, 11) is 0. The summed E-state index contributed by atoms with van der Waals surface area (Å²) in [4.78, 5) is 6.76. The summed E-state index contributed by atoms with van der Waals surface area (Å²) >= 11 is 1.44. The van der Waals surface area contributed by atoms with Gasteiger partial charge in [-0.2, -0.15) is 9.64 Å². The maximum Gasteiger partial charge on any atom is 0.130 e. The van der Waals surface area contributed by atoms with Gasteiger partial charge < -0.3 is 10.2 Å². The van der Waals surface area contributed by atoms with E-state index in [9.17, 15) is 5.26 Å². The number of hydrogen-bond donors (Lipinski definition) is 1. The van der Waals surface area contributed by atoms with E-state index in [1.54, 1.807) is 0 Å². The van der Waals surface area contributed by atoms with Gasteiger partial charge in [-0.1, -0.05) is 6.07 Å². The number of rotatable bonds is 4. The number of aryl methyl sites for hydroxylation is 2. The smallest absolute Gasteiger partial charge is 0.130 e. The number of nitrogens with one attached hydrogen (secondary N) is 1. The highest BCUT2D eigenvalue weighted by atomic mass is 32.1. The minimum Gasteiger partial charge on any atom is -0.370 e. The second kappa shape index (κ2) is 6.32. The molecular weight excluding hydrogens is 294 g/mol. The summed E-state index contributed by atoms with van der Waals surface area (Å²) in [5.41, 5.74) is 2.60. The van der Waals surface area contributed by atoms with Crippen molar-refractivity contribution in [2.75, 3.05) is 29.9 Å². The quantitative estimate of drug-likeness (QED) is 0.940. The monoisotopic (exact) mass is 313 g/mol. The van der Waals surface area contributed by atoms with Crippen LogP contribution in [0, 0.1) is 31.1 Å². The van der Waals surface area contributed by atoms with Crippen molar-refractivity contribution in [3.8, 4) is 6.07 Å². The molecule has 0 amide bonds. The second-order valence-electron chi connectivity index (χ2n) is 5.71. The summed E-state index contributed by atoms with van der Waals surface area (Å²) in [6.07, 6.45) is 1.13. The Balaban J connectivity index is 1.60. The van der Waals surface area contributed by atoms with Crippen LogP contribution in [0.1, 0.15) is 23.4 Å². The summed E-state index contributed by atoms with van der Waals surface area (Å²) in [6, 6.07) is 8.30. The predicted molar refractivity (Wildman–Crippen MR) is 89.3 cm³/mol. The second-order valence-corrected chi connectivity index (χ2v) is 6.46. The first-order valence-corrected chi connectivity index (χ1v) is 8.23. The molecule has 0 aliphatic carbocycles. The fraction of sp³-hybridized carbons (Fsp3) is 0.438. The largest absolute Gasteiger partial charge is 0.370 e. The Morgan fingerprint density at radius 2 is 2.32 bits per heavy atom. The fourth-order valence-electron chi connectivity index (χ4n) is 2.78. The van der Waals surface area contributed by atoms with E-state index >= 15 is 0 Å². The Labute approximate surface area is 134 Å². The van der Waals surface area contributed by atoms with Gasteiger partial charge in [-0.05, 0) is 49.9 Å². The molecule has 5 nitrogen and oxygen atoms in total. The van der Waals surface area contributed by atoms with Crippen LogP contribution in [0.3, 0.4) is 0 Å². The molecule has 0 saturated carbocycles. The predicted octanol–water partition coefficient (Wildman–Crippen LogP) is 2.97. The van der Waals surface area contributed by atoms with Crippen molar-refractivity contribution >= 4 is 22.4 Å². The van der Waals surface area contributed by atoms with Crippen LogP contribution >= 0.6 is 11.5 Å². The Bertz CT molecular complexity index is 703. The third-order valence-electron chi connectivity index (χ3n) is 3.99. The van der Waals surface area contributed by atoms with Crippen LogP contribution in [0.15, 0.2) is 18.2 Å². The lowest BCUT2D eigenvalue weighted by molar-refractivity contribution is 0.621. The lowest BCUT2D eigenvalue weighted by atomic mass is 10.1. The fourth-order valence-corrected chi connectivity index (χ4v) is 3.66. The van der Waals surface area contributed by atoms with Crippen molar-refractivity contribution in [1.29, 1.82) is 5.26 Å². The van der Waals surface area contributed by atoms with Gasteiger partial charge in [0.15, 0.2) is 0 Å². The highest BCUT2D eigenvalue weighted by molar-refractivity contribution is 7.10. The van der Waals surface area contributed by atoms with Gasteiger partial charge in [0.05, 0.1) is 5.69 Å². The number of pyridine rings is 1. The van der Waals surface area contributed by atoms with Crippen molar-refractivity contribution in [2.45, 2.75) is 20.3 Å². The average molecular weight is 313 g/mol. The van der Waals surface area contributed by atoms with Crippen molar-refractivity contribution in [2.24, 2.45) is 5.92 Å². The van der Waals surface area contributed by atoms with Crippen LogP contribution in [-0.2, 0) is 0 Å². The zero-order valence-electron chi connectivity index (χ0n) is 12.8. The van der Waals surface area contributed by atoms with Crippen molar-refractivity contribution in [3.63, 3.8) is 0 Å². The van der Waals surface area contributed by atoms with Crippen molar-refractivity contribution < 1.29 is 0 Å². The molecule has 1 aliphatic heterocycles. The minimum absolute atomic E-state index is 0.566. The van der Waals surface area contributed by atoms with E-state index in [-0.39, 0.29) is 0 Å². The molecule has 0 spiro atoms. The molecule has 2 aromatic heterocycles. The van der Waals surface area contributed by atoms with Crippen LogP contribution in [0.5, 0.6) is 0 Å². The SMILES string of the molecule is Cc1cccc(NC[C@@H]2CCN(c3snc(C)c3C#N)C2)n1. The molecule has 1 fully saturated rings. The first-order chi connectivity index (χ1) is 10.7. The highest BCUT2D eigenvalue weighted by Gasteiger charge is 2.26. The molecule has 3 heterocycles. The molecule has 114 valence electrons. The topological polar surface area (TPSA) is 64.8 Å². The number of hydrogen-bond acceptors (Lipinski definition) is 6. The molecule has 22 heavy (non-hydrogen) atoms. The maximum atomic E-state index is 9.26. The molecule has 6 heteroatoms. The summed E-state index contributed by atoms with van der Waals surface area (Å²) in [5, 5.41) is 13.7. The number of aromatic nitrogens is 2. The van der Waals surface area contributed by atoms with Crippen LogP contribution in [0.2, 0.25) is 0 Å². The summed E-state index contributed by atoms with van der Waals surface area (Å²) in [6.45, 7) is 6.76. The molecule has 1 aliphatic rings. The van der Waals surface area contributed by atoms with E-state index in [0.717, 1.165) is 53.8 Å². The highest BCUT2D eigenvalue weighted by Crippen LogP contribution is 2.32. The minimum atomic E-state index is 0.566. The van der Waals surface area contributed by atoms with E-state index in [2.05, 4.69) is 25.6 Å². The van der Waals surface area contributed by atoms with Gasteiger partial charge in [-0.3, -0.25) is 0 Å². The molecule has 1 atom stereocenters. The van der Waals surface area contributed by atoms with Crippen LogP contribution in [0.4, 0.5) is 10.8 Å². The van der Waals surface area contributed by atoms with E-state index in [1.807, 2.05) is 32.0 Å². The zero-order valence-corrected chi connectivity index (χ0v) is 13.7. The van der Waals surface area contributed by atoms with Crippen LogP contribution in [0.25, 0.3) is 0 Å². The summed E-state index contributed by atoms with van der Waals surface area (Å²) in [5.74, 6) is 1.50. The van der Waals surface area contributed by atoms with Gasteiger partial charge in [0, 0.05) is 25.3 Å². The van der Waals surface area contributed by atoms with Crippen molar-refractivity contribution in [1.82, 2.24) is 9.36 Å². The first-order valence-electron chi connectivity index (χ1n) is 7.46. The molecule has 0 radical (unpaired) electrons. The maximum absolute atomic E-state index is 9.26. The van der Waals surface area contributed by atoms with Crippen molar-refractivity contribution in [3.05, 3.63) is 35.2 Å². The lowest BCUT2D eigenvalue weighted by Crippen LogP contribution is -2.22. The van der Waals surface area contributed by atoms with Crippen LogP contribution in [-0.4, -0.2) is 29.0 Å². The third-order valence-corrected chi connectivity index (χ3v) is 4.99. The Hall–Kier alpha value is -2.13. The Morgan fingerprint density at radius 1 is 1.45 bits per heavy atom. The molecular formula is C16H19N5S. The first kappa shape index (κ1) is 14.8. The van der Waals surface area contributed by atoms with E-state index in [1.165, 1.54) is 11.5 Å². The zero-order chi connectivity index (χ0) is 15.5. The number of anilines is 2. The van der Waals surface area contributed by atoms with Gasteiger partial charge in [0.2, 0.25) is 0 Å². The Kier molecular flexibility index (Phi) is 4.25. The van der Waals surface area contributed by atoms with Gasteiger partial charge in [-0.25, -0.2) is 4.98 Å². The summed E-state index contributed by atoms with van der Waals surface area (Å²) < 4.78 is 4.31. The number of nitrogens with zero attached hydrogens (tertiary/aromatic N) is 4. The molecule has 0 aromatic carbocycles.